The van der Waals surface area contributed by atoms with Crippen molar-refractivity contribution in [2.75, 3.05) is 6.61 Å². The zero-order valence-electron chi connectivity index (χ0n) is 18.6. The Morgan fingerprint density at radius 1 is 1.11 bits per heavy atom. The van der Waals surface area contributed by atoms with E-state index in [9.17, 15) is 4.79 Å². The van der Waals surface area contributed by atoms with Gasteiger partial charge in [-0.2, -0.15) is 0 Å². The predicted molar refractivity (Wildman–Crippen MR) is 119 cm³/mol. The van der Waals surface area contributed by atoms with Crippen molar-refractivity contribution in [2.45, 2.75) is 86.0 Å². The lowest BCUT2D eigenvalue weighted by Gasteiger charge is -2.35. The van der Waals surface area contributed by atoms with Crippen molar-refractivity contribution in [1.82, 2.24) is 0 Å². The standard InChI is InChI=1S/C26H38O2/c1-20(10-17-25-21(2)9-6-18-26(25,4)5)8-7-19-28-24-15-13-23(14-16-24)12-11-22(3)27/h8,13-16H,6-7,9-12,17-19H2,1-5H3. The van der Waals surface area contributed by atoms with Gasteiger partial charge in [0.25, 0.3) is 0 Å². The summed E-state index contributed by atoms with van der Waals surface area (Å²) in [5.74, 6) is 1.14. The van der Waals surface area contributed by atoms with Crippen LogP contribution in [0.15, 0.2) is 47.1 Å². The van der Waals surface area contributed by atoms with E-state index in [0.29, 0.717) is 18.4 Å². The molecule has 0 saturated carbocycles. The molecule has 2 rings (SSSR count). The molecule has 0 N–H and O–H groups in total. The van der Waals surface area contributed by atoms with Crippen LogP contribution in [0.4, 0.5) is 0 Å². The number of carbonyl (C=O) groups is 1. The molecule has 1 aliphatic carbocycles. The van der Waals surface area contributed by atoms with Gasteiger partial charge in [-0.15, -0.1) is 0 Å². The molecule has 1 aliphatic rings. The summed E-state index contributed by atoms with van der Waals surface area (Å²) in [6.07, 6.45) is 11.0. The molecule has 0 aromatic heterocycles. The van der Waals surface area contributed by atoms with E-state index >= 15 is 0 Å². The van der Waals surface area contributed by atoms with Crippen molar-refractivity contribution in [3.8, 4) is 5.75 Å². The Labute approximate surface area is 172 Å². The van der Waals surface area contributed by atoms with Crippen LogP contribution in [-0.4, -0.2) is 12.4 Å². The second-order valence-corrected chi connectivity index (χ2v) is 9.03. The number of ketones is 1. The van der Waals surface area contributed by atoms with Gasteiger partial charge in [-0.05, 0) is 88.8 Å². The Bertz CT molecular complexity index is 704. The van der Waals surface area contributed by atoms with Gasteiger partial charge in [0.2, 0.25) is 0 Å². The molecule has 2 heteroatoms. The predicted octanol–water partition coefficient (Wildman–Crippen LogP) is 7.23. The lowest BCUT2D eigenvalue weighted by molar-refractivity contribution is -0.116. The summed E-state index contributed by atoms with van der Waals surface area (Å²) in [7, 11) is 0. The molecule has 0 heterocycles. The maximum Gasteiger partial charge on any atom is 0.130 e. The SMILES string of the molecule is CC(=O)CCc1ccc(OCCC=C(C)CCC2=C(C)CCCC2(C)C)cc1. The molecule has 0 bridgehead atoms. The van der Waals surface area contributed by atoms with Crippen molar-refractivity contribution in [3.63, 3.8) is 0 Å². The maximum atomic E-state index is 11.1. The summed E-state index contributed by atoms with van der Waals surface area (Å²) in [4.78, 5) is 11.1. The lowest BCUT2D eigenvalue weighted by Crippen LogP contribution is -2.20. The molecule has 2 nitrogen and oxygen atoms in total. The van der Waals surface area contributed by atoms with Gasteiger partial charge in [0, 0.05) is 6.42 Å². The number of ether oxygens (including phenoxy) is 1. The first kappa shape index (κ1) is 22.5. The Balaban J connectivity index is 1.73. The van der Waals surface area contributed by atoms with Crippen LogP contribution >= 0.6 is 0 Å². The molecule has 154 valence electrons. The molecular formula is C26H38O2. The monoisotopic (exact) mass is 382 g/mol. The minimum Gasteiger partial charge on any atom is -0.493 e. The van der Waals surface area contributed by atoms with E-state index in [2.05, 4.69) is 45.9 Å². The van der Waals surface area contributed by atoms with Crippen LogP contribution in [0, 0.1) is 5.41 Å². The Morgan fingerprint density at radius 3 is 2.46 bits per heavy atom. The van der Waals surface area contributed by atoms with Crippen molar-refractivity contribution in [2.24, 2.45) is 5.41 Å². The van der Waals surface area contributed by atoms with Crippen LogP contribution in [-0.2, 0) is 11.2 Å². The Hall–Kier alpha value is -1.83. The number of carbonyl (C=O) groups excluding carboxylic acids is 1. The average molecular weight is 383 g/mol. The molecule has 0 saturated heterocycles. The summed E-state index contributed by atoms with van der Waals surface area (Å²) >= 11 is 0. The summed E-state index contributed by atoms with van der Waals surface area (Å²) < 4.78 is 5.86. The van der Waals surface area contributed by atoms with Gasteiger partial charge in [0.05, 0.1) is 6.61 Å². The molecule has 0 radical (unpaired) electrons. The number of hydrogen-bond donors (Lipinski definition) is 0. The van der Waals surface area contributed by atoms with Gasteiger partial charge in [-0.1, -0.05) is 48.8 Å². The molecule has 0 atom stereocenters. The lowest BCUT2D eigenvalue weighted by atomic mass is 9.71. The van der Waals surface area contributed by atoms with Crippen molar-refractivity contribution in [3.05, 3.63) is 52.6 Å². The van der Waals surface area contributed by atoms with Crippen molar-refractivity contribution >= 4 is 5.78 Å². The third-order valence-electron chi connectivity index (χ3n) is 6.02. The molecule has 0 fully saturated rings. The van der Waals surface area contributed by atoms with Crippen LogP contribution in [0.25, 0.3) is 0 Å². The summed E-state index contributed by atoms with van der Waals surface area (Å²) in [5, 5.41) is 0. The molecule has 0 amide bonds. The smallest absolute Gasteiger partial charge is 0.130 e. The topological polar surface area (TPSA) is 26.3 Å². The van der Waals surface area contributed by atoms with E-state index in [0.717, 1.165) is 25.0 Å². The molecule has 1 aromatic rings. The minimum absolute atomic E-state index is 0.237. The first-order valence-corrected chi connectivity index (χ1v) is 10.8. The third kappa shape index (κ3) is 7.30. The van der Waals surface area contributed by atoms with E-state index in [4.69, 9.17) is 4.74 Å². The molecule has 1 aromatic carbocycles. The quantitative estimate of drug-likeness (QED) is 0.315. The second-order valence-electron chi connectivity index (χ2n) is 9.03. The minimum atomic E-state index is 0.237. The highest BCUT2D eigenvalue weighted by molar-refractivity contribution is 5.75. The number of rotatable bonds is 10. The zero-order chi connectivity index (χ0) is 20.6. The zero-order valence-corrected chi connectivity index (χ0v) is 18.6. The number of Topliss-reactive ketones (excluding diaryl/α,β-unsaturated/α-hetero) is 1. The third-order valence-corrected chi connectivity index (χ3v) is 6.02. The molecule has 0 spiro atoms. The fraction of sp³-hybridized carbons (Fsp3) is 0.577. The largest absolute Gasteiger partial charge is 0.493 e. The van der Waals surface area contributed by atoms with E-state index in [1.165, 1.54) is 36.8 Å². The van der Waals surface area contributed by atoms with Crippen LogP contribution < -0.4 is 4.74 Å². The van der Waals surface area contributed by atoms with E-state index in [1.54, 1.807) is 18.1 Å². The Morgan fingerprint density at radius 2 is 1.82 bits per heavy atom. The Kier molecular flexibility index (Phi) is 8.54. The van der Waals surface area contributed by atoms with E-state index < -0.39 is 0 Å². The summed E-state index contributed by atoms with van der Waals surface area (Å²) in [5.41, 5.74) is 6.34. The number of benzene rings is 1. The van der Waals surface area contributed by atoms with Crippen LogP contribution in [0.1, 0.15) is 85.1 Å². The highest BCUT2D eigenvalue weighted by atomic mass is 16.5. The number of allylic oxidation sites excluding steroid dienone is 3. The van der Waals surface area contributed by atoms with Gasteiger partial charge in [-0.3, -0.25) is 0 Å². The van der Waals surface area contributed by atoms with Gasteiger partial charge in [0.15, 0.2) is 0 Å². The molecule has 0 aliphatic heterocycles. The second kappa shape index (κ2) is 10.6. The molecule has 28 heavy (non-hydrogen) atoms. The highest BCUT2D eigenvalue weighted by Crippen LogP contribution is 2.42. The summed E-state index contributed by atoms with van der Waals surface area (Å²) in [6, 6.07) is 8.13. The van der Waals surface area contributed by atoms with Crippen molar-refractivity contribution in [1.29, 1.82) is 0 Å². The van der Waals surface area contributed by atoms with Crippen molar-refractivity contribution < 1.29 is 9.53 Å². The van der Waals surface area contributed by atoms with Gasteiger partial charge < -0.3 is 9.53 Å². The maximum absolute atomic E-state index is 11.1. The van der Waals surface area contributed by atoms with E-state index in [-0.39, 0.29) is 5.78 Å². The summed E-state index contributed by atoms with van der Waals surface area (Å²) in [6.45, 7) is 11.7. The molecule has 0 unspecified atom stereocenters. The number of hydrogen-bond acceptors (Lipinski definition) is 2. The fourth-order valence-electron chi connectivity index (χ4n) is 4.21. The van der Waals surface area contributed by atoms with Crippen LogP contribution in [0.5, 0.6) is 5.75 Å². The van der Waals surface area contributed by atoms with Crippen LogP contribution in [0.2, 0.25) is 0 Å². The normalized spacial score (nSPS) is 17.0. The average Bonchev–Trinajstić information content (AvgIpc) is 2.63. The van der Waals surface area contributed by atoms with Crippen LogP contribution in [0.3, 0.4) is 0 Å². The first-order chi connectivity index (χ1) is 13.3. The van der Waals surface area contributed by atoms with Gasteiger partial charge in [0.1, 0.15) is 11.5 Å². The van der Waals surface area contributed by atoms with Gasteiger partial charge in [-0.25, -0.2) is 0 Å². The fourth-order valence-corrected chi connectivity index (χ4v) is 4.21. The first-order valence-electron chi connectivity index (χ1n) is 10.8. The number of aryl methyl sites for hydroxylation is 1. The highest BCUT2D eigenvalue weighted by Gasteiger charge is 2.27. The molecular weight excluding hydrogens is 344 g/mol. The van der Waals surface area contributed by atoms with Gasteiger partial charge >= 0.3 is 0 Å². The van der Waals surface area contributed by atoms with E-state index in [1.807, 2.05) is 12.1 Å².